The van der Waals surface area contributed by atoms with Gasteiger partial charge in [-0.1, -0.05) is 30.3 Å². The molecule has 152 valence electrons. The number of hydrogen-bond donors (Lipinski definition) is 2. The second-order valence-corrected chi connectivity index (χ2v) is 9.91. The Labute approximate surface area is 163 Å². The minimum absolute atomic E-state index is 0.0832. The van der Waals surface area contributed by atoms with E-state index in [1.165, 1.54) is 6.07 Å². The van der Waals surface area contributed by atoms with Crippen LogP contribution in [0.1, 0.15) is 18.5 Å². The Morgan fingerprint density at radius 2 is 1.96 bits per heavy atom. The summed E-state index contributed by atoms with van der Waals surface area (Å²) in [5.74, 6) is -1.45. The third-order valence-electron chi connectivity index (χ3n) is 4.57. The van der Waals surface area contributed by atoms with Gasteiger partial charge in [0.1, 0.15) is 0 Å². The van der Waals surface area contributed by atoms with E-state index in [1.54, 1.807) is 30.3 Å². The van der Waals surface area contributed by atoms with Crippen LogP contribution in [0.25, 0.3) is 10.4 Å². The molecule has 0 radical (unpaired) electrons. The van der Waals surface area contributed by atoms with E-state index >= 15 is 0 Å². The average Bonchev–Trinajstić information content (AvgIpc) is 3.14. The molecule has 0 spiro atoms. The number of nitrogens with zero attached hydrogens (tertiary/aromatic N) is 2. The maximum absolute atomic E-state index is 13.7. The van der Waals surface area contributed by atoms with E-state index in [2.05, 4.69) is 8.74 Å². The molecule has 3 atom stereocenters. The van der Waals surface area contributed by atoms with Gasteiger partial charge in [0.2, 0.25) is 5.60 Å². The quantitative estimate of drug-likeness (QED) is 0.754. The van der Waals surface area contributed by atoms with E-state index in [-0.39, 0.29) is 12.2 Å². The van der Waals surface area contributed by atoms with Crippen LogP contribution in [0.2, 0.25) is 0 Å². The van der Waals surface area contributed by atoms with Crippen LogP contribution in [0.3, 0.4) is 0 Å². The van der Waals surface area contributed by atoms with Crippen LogP contribution >= 0.6 is 11.5 Å². The Hall–Kier alpha value is -1.82. The molecule has 1 aromatic heterocycles. The highest BCUT2D eigenvalue weighted by Crippen LogP contribution is 2.43. The topological polar surface area (TPSA) is 106 Å². The molecule has 0 bridgehead atoms. The number of benzene rings is 1. The molecule has 0 saturated carbocycles. The zero-order valence-electron chi connectivity index (χ0n) is 14.6. The van der Waals surface area contributed by atoms with Gasteiger partial charge in [-0.15, -0.1) is 0 Å². The summed E-state index contributed by atoms with van der Waals surface area (Å²) >= 11 is 0.831. The highest BCUT2D eigenvalue weighted by molar-refractivity contribution is 7.93. The molecule has 6 nitrogen and oxygen atoms in total. The lowest BCUT2D eigenvalue weighted by atomic mass is 9.95. The fraction of sp³-hybridized carbons (Fsp3) is 0.412. The lowest BCUT2D eigenvalue weighted by Crippen LogP contribution is -2.45. The smallest absolute Gasteiger partial charge is 0.375 e. The number of alkyl halides is 3. The number of rotatable bonds is 5. The van der Waals surface area contributed by atoms with Crippen molar-refractivity contribution in [3.8, 4) is 10.4 Å². The molecule has 3 N–H and O–H groups in total. The molecule has 3 rings (SSSR count). The number of hydrogen-bond acceptors (Lipinski definition) is 6. The number of halogens is 3. The highest BCUT2D eigenvalue weighted by atomic mass is 32.2. The van der Waals surface area contributed by atoms with Gasteiger partial charge in [0.15, 0.2) is 0 Å². The van der Waals surface area contributed by atoms with Gasteiger partial charge >= 0.3 is 6.18 Å². The van der Waals surface area contributed by atoms with Gasteiger partial charge in [0.25, 0.3) is 5.91 Å². The van der Waals surface area contributed by atoms with Gasteiger partial charge in [0.05, 0.1) is 26.3 Å². The molecule has 2 aromatic rings. The number of aliphatic hydroxyl groups is 1. The fourth-order valence-corrected chi connectivity index (χ4v) is 5.68. The van der Waals surface area contributed by atoms with Gasteiger partial charge < -0.3 is 10.8 Å². The number of carbonyl (C=O) groups excluding carboxylic acids is 1. The third-order valence-corrected chi connectivity index (χ3v) is 7.63. The summed E-state index contributed by atoms with van der Waals surface area (Å²) in [6.07, 6.45) is -5.88. The zero-order valence-corrected chi connectivity index (χ0v) is 16.2. The lowest BCUT2D eigenvalue weighted by molar-refractivity contribution is -0.268. The Balaban J connectivity index is 1.90. The van der Waals surface area contributed by atoms with Crippen LogP contribution in [0.5, 0.6) is 0 Å². The summed E-state index contributed by atoms with van der Waals surface area (Å²) in [7, 11) is -3.21. The first kappa shape index (κ1) is 20.9. The predicted molar refractivity (Wildman–Crippen MR) is 100 cm³/mol. The van der Waals surface area contributed by atoms with Crippen LogP contribution in [-0.4, -0.2) is 43.3 Å². The zero-order chi connectivity index (χ0) is 20.6. The van der Waals surface area contributed by atoms with Gasteiger partial charge in [0, 0.05) is 17.9 Å². The maximum atomic E-state index is 13.7. The molecule has 1 aliphatic heterocycles. The molecule has 0 fully saturated rings. The van der Waals surface area contributed by atoms with Gasteiger partial charge in [-0.3, -0.25) is 4.79 Å². The molecular formula is C17H18F3N3O3S2. The van der Waals surface area contributed by atoms with Crippen molar-refractivity contribution in [2.45, 2.75) is 30.7 Å². The van der Waals surface area contributed by atoms with Crippen molar-refractivity contribution in [3.63, 3.8) is 0 Å². The second-order valence-electron chi connectivity index (χ2n) is 6.56. The fourth-order valence-electron chi connectivity index (χ4n) is 2.79. The predicted octanol–water partition coefficient (Wildman–Crippen LogP) is 2.68. The molecule has 0 saturated heterocycles. The van der Waals surface area contributed by atoms with E-state index < -0.39 is 51.3 Å². The minimum atomic E-state index is -5.04. The van der Waals surface area contributed by atoms with Crippen molar-refractivity contribution in [2.24, 2.45) is 10.1 Å². The Morgan fingerprint density at radius 1 is 1.29 bits per heavy atom. The van der Waals surface area contributed by atoms with Crippen molar-refractivity contribution < 1.29 is 27.3 Å². The summed E-state index contributed by atoms with van der Waals surface area (Å²) in [5, 5.41) is 10.5. The SMILES string of the molecule is N[C@H]1CCS(=O)(CCC(O)(c2cc(-c3ccccc3)sn2)C(F)(F)F)=NC1=O. The van der Waals surface area contributed by atoms with Crippen LogP contribution in [0.15, 0.2) is 40.8 Å². The molecule has 2 unspecified atom stereocenters. The van der Waals surface area contributed by atoms with Crippen molar-refractivity contribution in [1.29, 1.82) is 0 Å². The standard InChI is InChI=1S/C17H18F3N3O3S2/c18-17(19,20)16(25,7-9-28(26)8-6-12(21)15(24)23-28)14-10-13(27-22-14)11-4-2-1-3-5-11/h1-5,10,12,25H,6-9,21H2/t12-,16?,28?/m0/s1. The first-order chi connectivity index (χ1) is 13.0. The van der Waals surface area contributed by atoms with Crippen LogP contribution in [0, 0.1) is 0 Å². The molecule has 1 aliphatic rings. The van der Waals surface area contributed by atoms with Crippen LogP contribution < -0.4 is 5.73 Å². The van der Waals surface area contributed by atoms with Crippen molar-refractivity contribution in [2.75, 3.05) is 11.5 Å². The molecule has 0 aliphatic carbocycles. The summed E-state index contributed by atoms with van der Waals surface area (Å²) in [5.41, 5.74) is 2.31. The average molecular weight is 433 g/mol. The minimum Gasteiger partial charge on any atom is -0.375 e. The molecule has 1 amide bonds. The first-order valence-electron chi connectivity index (χ1n) is 8.38. The van der Waals surface area contributed by atoms with Gasteiger partial charge in [-0.05, 0) is 29.6 Å². The summed E-state index contributed by atoms with van der Waals surface area (Å²) in [6, 6.07) is 8.98. The van der Waals surface area contributed by atoms with Gasteiger partial charge in [-0.25, -0.2) is 4.21 Å². The van der Waals surface area contributed by atoms with Crippen LogP contribution in [-0.2, 0) is 20.1 Å². The normalized spacial score (nSPS) is 25.2. The third kappa shape index (κ3) is 4.12. The van der Waals surface area contributed by atoms with E-state index in [9.17, 15) is 27.3 Å². The second kappa shape index (κ2) is 7.54. The number of nitrogens with two attached hydrogens (primary N) is 1. The first-order valence-corrected chi connectivity index (χ1v) is 11.0. The largest absolute Gasteiger partial charge is 0.423 e. The Morgan fingerprint density at radius 3 is 2.57 bits per heavy atom. The van der Waals surface area contributed by atoms with Crippen LogP contribution in [0.4, 0.5) is 13.2 Å². The highest BCUT2D eigenvalue weighted by Gasteiger charge is 2.56. The number of amides is 1. The maximum Gasteiger partial charge on any atom is 0.423 e. The summed E-state index contributed by atoms with van der Waals surface area (Å²) in [6.45, 7) is 0. The van der Waals surface area contributed by atoms with Crippen molar-refractivity contribution in [3.05, 3.63) is 42.1 Å². The monoisotopic (exact) mass is 433 g/mol. The van der Waals surface area contributed by atoms with E-state index in [0.717, 1.165) is 11.5 Å². The van der Waals surface area contributed by atoms with Crippen molar-refractivity contribution >= 4 is 27.2 Å². The summed E-state index contributed by atoms with van der Waals surface area (Å²) in [4.78, 5) is 12.1. The molecule has 28 heavy (non-hydrogen) atoms. The van der Waals surface area contributed by atoms with E-state index in [1.807, 2.05) is 0 Å². The van der Waals surface area contributed by atoms with E-state index in [0.29, 0.717) is 10.4 Å². The summed E-state index contributed by atoms with van der Waals surface area (Å²) < 4.78 is 61.1. The number of aromatic nitrogens is 1. The Kier molecular flexibility index (Phi) is 5.63. The number of carbonyl (C=O) groups is 1. The lowest BCUT2D eigenvalue weighted by Gasteiger charge is -2.29. The van der Waals surface area contributed by atoms with Gasteiger partial charge in [-0.2, -0.15) is 21.9 Å². The van der Waals surface area contributed by atoms with E-state index in [4.69, 9.17) is 5.73 Å². The Bertz CT molecular complexity index is 984. The molecule has 1 aromatic carbocycles. The molecule has 2 heterocycles. The van der Waals surface area contributed by atoms with Crippen molar-refractivity contribution in [1.82, 2.24) is 4.37 Å². The molecule has 11 heteroatoms. The molecular weight excluding hydrogens is 415 g/mol.